The molecule has 0 aliphatic rings. The zero-order valence-electron chi connectivity index (χ0n) is 46.6. The molecule has 0 unspecified atom stereocenters. The van der Waals surface area contributed by atoms with Crippen molar-refractivity contribution in [3.05, 3.63) is 138 Å². The first-order valence-electron chi connectivity index (χ1n) is 25.2. The Hall–Kier alpha value is -4.96. The number of hydrogen-bond acceptors (Lipinski definition) is 2. The van der Waals surface area contributed by atoms with E-state index in [9.17, 15) is 0 Å². The van der Waals surface area contributed by atoms with Crippen LogP contribution >= 0.6 is 0 Å². The molecular formula is C64H84N2O2. The molecule has 68 heavy (non-hydrogen) atoms. The number of aromatic nitrogens is 2. The van der Waals surface area contributed by atoms with E-state index in [1.54, 1.807) is 0 Å². The Bertz CT molecular complexity index is 3020. The summed E-state index contributed by atoms with van der Waals surface area (Å²) in [5.74, 6) is 0. The third-order valence-electron chi connectivity index (χ3n) is 14.4. The van der Waals surface area contributed by atoms with Gasteiger partial charge in [-0.25, -0.2) is 0 Å². The van der Waals surface area contributed by atoms with Crippen LogP contribution in [0.4, 0.5) is 0 Å². The minimum absolute atomic E-state index is 0.0155. The molecule has 0 aliphatic carbocycles. The van der Waals surface area contributed by atoms with E-state index in [-0.39, 0.29) is 54.2 Å². The summed E-state index contributed by atoms with van der Waals surface area (Å²) in [6.45, 7) is 54.1. The van der Waals surface area contributed by atoms with E-state index in [0.29, 0.717) is 10.8 Å². The molecule has 0 saturated carbocycles. The van der Waals surface area contributed by atoms with Crippen molar-refractivity contribution in [3.63, 3.8) is 0 Å². The molecule has 4 heteroatoms. The highest BCUT2D eigenvalue weighted by Crippen LogP contribution is 2.42. The van der Waals surface area contributed by atoms with E-state index >= 15 is 9.59 Å². The topological polar surface area (TPSA) is 44.0 Å². The highest BCUT2D eigenvalue weighted by molar-refractivity contribution is 6.07. The number of fused-ring (bicyclic) bond motifs is 4. The van der Waals surface area contributed by atoms with Crippen LogP contribution in [0.5, 0.6) is 0 Å². The third-order valence-corrected chi connectivity index (χ3v) is 14.4. The average Bonchev–Trinajstić information content (AvgIpc) is 3.17. The SMILES string of the molecule is CC(C)(C)c1cc(-n2c3cc4c(=O)c5c(C(C)(C)C)cc(C(C)(C)C)cc5n(-c5cc(C(C)(C)C)cc(C(C)(C)C)c5)c4cc3c(=O)c3c(C(C)(C)C)cc(C(C)(C)C)cc32)cc(C(C)(C)C)c1. The summed E-state index contributed by atoms with van der Waals surface area (Å²) in [6.07, 6.45) is 0. The van der Waals surface area contributed by atoms with E-state index in [4.69, 9.17) is 0 Å². The summed E-state index contributed by atoms with van der Waals surface area (Å²) in [6, 6.07) is 27.2. The van der Waals surface area contributed by atoms with Gasteiger partial charge in [-0.05, 0) is 136 Å². The molecular weight excluding hydrogens is 829 g/mol. The molecule has 0 radical (unpaired) electrons. The third kappa shape index (κ3) is 9.15. The number of rotatable bonds is 2. The first-order valence-corrected chi connectivity index (χ1v) is 25.2. The minimum atomic E-state index is -0.355. The van der Waals surface area contributed by atoms with Gasteiger partial charge in [0.15, 0.2) is 10.9 Å². The van der Waals surface area contributed by atoms with Gasteiger partial charge in [-0.1, -0.05) is 190 Å². The maximum atomic E-state index is 16.0. The zero-order valence-corrected chi connectivity index (χ0v) is 46.6. The van der Waals surface area contributed by atoms with Gasteiger partial charge in [-0.15, -0.1) is 0 Å². The molecule has 2 heterocycles. The van der Waals surface area contributed by atoms with E-state index in [2.05, 4.69) is 248 Å². The average molecular weight is 913 g/mol. The monoisotopic (exact) mass is 913 g/mol. The van der Waals surface area contributed by atoms with E-state index in [1.165, 1.54) is 22.3 Å². The maximum absolute atomic E-state index is 16.0. The van der Waals surface area contributed by atoms with Crippen molar-refractivity contribution in [1.29, 1.82) is 0 Å². The predicted octanol–water partition coefficient (Wildman–Crippen LogP) is 17.0. The van der Waals surface area contributed by atoms with Gasteiger partial charge in [0.05, 0.1) is 32.8 Å². The van der Waals surface area contributed by atoms with Crippen LogP contribution in [0.1, 0.15) is 211 Å². The van der Waals surface area contributed by atoms with Gasteiger partial charge >= 0.3 is 0 Å². The van der Waals surface area contributed by atoms with Crippen molar-refractivity contribution in [2.75, 3.05) is 0 Å². The summed E-state index contributed by atoms with van der Waals surface area (Å²) < 4.78 is 4.67. The highest BCUT2D eigenvalue weighted by Gasteiger charge is 2.32. The van der Waals surface area contributed by atoms with Crippen LogP contribution in [0.3, 0.4) is 0 Å². The minimum Gasteiger partial charge on any atom is -0.309 e. The number of nitrogens with zero attached hydrogens (tertiary/aromatic N) is 2. The van der Waals surface area contributed by atoms with Crippen LogP contribution < -0.4 is 10.9 Å². The summed E-state index contributed by atoms with van der Waals surface area (Å²) in [5, 5.41) is 2.63. The van der Waals surface area contributed by atoms with Gasteiger partial charge in [-0.2, -0.15) is 0 Å². The van der Waals surface area contributed by atoms with Crippen molar-refractivity contribution in [3.8, 4) is 11.4 Å². The van der Waals surface area contributed by atoms with Gasteiger partial charge < -0.3 is 9.13 Å². The summed E-state index contributed by atoms with van der Waals surface area (Å²) in [4.78, 5) is 32.1. The second-order valence-electron chi connectivity index (χ2n) is 28.6. The molecule has 0 atom stereocenters. The van der Waals surface area contributed by atoms with Crippen molar-refractivity contribution < 1.29 is 0 Å². The van der Waals surface area contributed by atoms with Crippen LogP contribution in [0.25, 0.3) is 55.0 Å². The van der Waals surface area contributed by atoms with Crippen molar-refractivity contribution in [2.24, 2.45) is 0 Å². The normalized spacial score (nSPS) is 14.0. The molecule has 0 N–H and O–H groups in total. The standard InChI is InChI=1S/C64H84N2O2/c1-57(2,3)37-25-38(58(4,5)6)28-43(27-37)65-49-35-46-50(36-45(49)55(67)53-47(63(19,20)21)31-41(33-51(53)65)61(13,14)15)66(44-29-39(59(7,8)9)26-40(30-44)60(10,11)12)52-34-42(62(16,17)18)32-48(64(22,23)24)54(52)56(46)68/h25-36H,1-24H3. The van der Waals surface area contributed by atoms with Crippen LogP contribution in [0.2, 0.25) is 0 Å². The van der Waals surface area contributed by atoms with E-state index in [1.807, 2.05) is 0 Å². The smallest absolute Gasteiger partial charge is 0.197 e. The zero-order chi connectivity index (χ0) is 51.2. The van der Waals surface area contributed by atoms with E-state index in [0.717, 1.165) is 66.5 Å². The Morgan fingerprint density at radius 2 is 0.500 bits per heavy atom. The van der Waals surface area contributed by atoms with E-state index < -0.39 is 0 Å². The number of pyridine rings is 2. The largest absolute Gasteiger partial charge is 0.309 e. The van der Waals surface area contributed by atoms with Gasteiger partial charge in [0.25, 0.3) is 0 Å². The molecule has 7 rings (SSSR count). The van der Waals surface area contributed by atoms with Crippen LogP contribution in [-0.4, -0.2) is 9.13 Å². The molecule has 0 fully saturated rings. The molecule has 4 nitrogen and oxygen atoms in total. The second kappa shape index (κ2) is 15.8. The van der Waals surface area contributed by atoms with Crippen LogP contribution in [-0.2, 0) is 43.3 Å². The predicted molar refractivity (Wildman–Crippen MR) is 297 cm³/mol. The molecule has 0 aliphatic heterocycles. The lowest BCUT2D eigenvalue weighted by Crippen LogP contribution is -2.24. The Kier molecular flexibility index (Phi) is 11.8. The Balaban J connectivity index is 1.90. The quantitative estimate of drug-likeness (QED) is 0.162. The Morgan fingerprint density at radius 3 is 0.721 bits per heavy atom. The highest BCUT2D eigenvalue weighted by atomic mass is 16.1. The summed E-state index contributed by atoms with van der Waals surface area (Å²) >= 11 is 0. The molecule has 0 amide bonds. The van der Waals surface area contributed by atoms with Gasteiger partial charge in [0, 0.05) is 22.1 Å². The maximum Gasteiger partial charge on any atom is 0.197 e. The second-order valence-corrected chi connectivity index (χ2v) is 28.6. The fraction of sp³-hybridized carbons (Fsp3) is 0.500. The molecule has 2 aromatic heterocycles. The fourth-order valence-corrected chi connectivity index (χ4v) is 9.74. The Morgan fingerprint density at radius 1 is 0.265 bits per heavy atom. The van der Waals surface area contributed by atoms with Crippen molar-refractivity contribution in [2.45, 2.75) is 209 Å². The first-order chi connectivity index (χ1) is 30.6. The number of benzene rings is 5. The van der Waals surface area contributed by atoms with Gasteiger partial charge in [0.1, 0.15) is 0 Å². The molecule has 0 bridgehead atoms. The molecule has 362 valence electrons. The molecule has 0 spiro atoms. The van der Waals surface area contributed by atoms with Crippen LogP contribution in [0, 0.1) is 0 Å². The molecule has 7 aromatic rings. The molecule has 0 saturated heterocycles. The lowest BCUT2D eigenvalue weighted by Gasteiger charge is -2.31. The Labute approximate surface area is 409 Å². The fourth-order valence-electron chi connectivity index (χ4n) is 9.74. The lowest BCUT2D eigenvalue weighted by atomic mass is 9.78. The molecule has 5 aromatic carbocycles. The number of hydrogen-bond donors (Lipinski definition) is 0. The van der Waals surface area contributed by atoms with Crippen molar-refractivity contribution in [1.82, 2.24) is 9.13 Å². The first kappa shape index (κ1) is 50.9. The van der Waals surface area contributed by atoms with Gasteiger partial charge in [-0.3, -0.25) is 9.59 Å². The summed E-state index contributed by atoms with van der Waals surface area (Å²) in [7, 11) is 0. The summed E-state index contributed by atoms with van der Waals surface area (Å²) in [5.41, 5.74) is 12.7. The lowest BCUT2D eigenvalue weighted by molar-refractivity contribution is 0.567. The van der Waals surface area contributed by atoms with Gasteiger partial charge in [0.2, 0.25) is 0 Å². The van der Waals surface area contributed by atoms with Crippen molar-refractivity contribution >= 4 is 43.6 Å². The van der Waals surface area contributed by atoms with Crippen LogP contribution in [0.15, 0.2) is 82.4 Å².